The van der Waals surface area contributed by atoms with Crippen molar-refractivity contribution in [3.63, 3.8) is 0 Å². The molecule has 0 atom stereocenters. The Hall–Kier alpha value is -3.07. The Balaban J connectivity index is 1.99. The lowest BCUT2D eigenvalue weighted by molar-refractivity contribution is 0.206. The first-order valence-electron chi connectivity index (χ1n) is 9.67. The molecule has 1 heterocycles. The number of carbonyl (C=O) groups is 1. The van der Waals surface area contributed by atoms with Gasteiger partial charge < -0.3 is 19.7 Å². The van der Waals surface area contributed by atoms with Crippen LogP contribution in [-0.4, -0.2) is 50.4 Å². The quantitative estimate of drug-likeness (QED) is 0.479. The zero-order chi connectivity index (χ0) is 23.1. The lowest BCUT2D eigenvalue weighted by Crippen LogP contribution is -2.32. The van der Waals surface area contributed by atoms with E-state index in [4.69, 9.17) is 32.7 Å². The van der Waals surface area contributed by atoms with Crippen LogP contribution in [0.15, 0.2) is 54.7 Å². The fourth-order valence-electron chi connectivity index (χ4n) is 2.83. The SMILES string of the molecule is COCCN(C)c1nccc(N(C(=O)Nc2cccc(Cl)c2Cl)c2ccc(OC)cc2)n1. The van der Waals surface area contributed by atoms with Crippen molar-refractivity contribution in [1.82, 2.24) is 9.97 Å². The Bertz CT molecular complexity index is 1070. The number of nitrogens with one attached hydrogen (secondary N) is 1. The minimum atomic E-state index is -0.469. The van der Waals surface area contributed by atoms with E-state index in [0.717, 1.165) is 0 Å². The molecule has 0 radical (unpaired) electrons. The monoisotopic (exact) mass is 475 g/mol. The summed E-state index contributed by atoms with van der Waals surface area (Å²) in [5.41, 5.74) is 0.958. The molecule has 1 N–H and O–H groups in total. The molecule has 1 aromatic heterocycles. The van der Waals surface area contributed by atoms with Gasteiger partial charge in [0, 0.05) is 33.0 Å². The summed E-state index contributed by atoms with van der Waals surface area (Å²) in [5, 5.41) is 3.39. The van der Waals surface area contributed by atoms with Gasteiger partial charge in [0.2, 0.25) is 5.95 Å². The van der Waals surface area contributed by atoms with E-state index in [0.29, 0.717) is 47.1 Å². The summed E-state index contributed by atoms with van der Waals surface area (Å²) >= 11 is 12.4. The topological polar surface area (TPSA) is 79.8 Å². The van der Waals surface area contributed by atoms with Crippen LogP contribution in [0.3, 0.4) is 0 Å². The average Bonchev–Trinajstić information content (AvgIpc) is 2.81. The van der Waals surface area contributed by atoms with Gasteiger partial charge in [-0.05, 0) is 36.4 Å². The highest BCUT2D eigenvalue weighted by Gasteiger charge is 2.22. The number of nitrogens with zero attached hydrogens (tertiary/aromatic N) is 4. The number of ether oxygens (including phenoxy) is 2. The molecule has 0 saturated heterocycles. The highest BCUT2D eigenvalue weighted by molar-refractivity contribution is 6.44. The maximum absolute atomic E-state index is 13.4. The predicted molar refractivity (Wildman–Crippen MR) is 128 cm³/mol. The number of halogens is 2. The number of likely N-dealkylation sites (N-methyl/N-ethyl adjacent to an activating group) is 1. The second-order valence-electron chi connectivity index (χ2n) is 6.69. The van der Waals surface area contributed by atoms with Gasteiger partial charge in [-0.25, -0.2) is 14.7 Å². The molecule has 0 unspecified atom stereocenters. The number of benzene rings is 2. The van der Waals surface area contributed by atoms with Crippen molar-refractivity contribution in [3.05, 3.63) is 64.8 Å². The first-order chi connectivity index (χ1) is 15.4. The fourth-order valence-corrected chi connectivity index (χ4v) is 3.18. The molecule has 2 amide bonds. The van der Waals surface area contributed by atoms with Crippen molar-refractivity contribution in [2.75, 3.05) is 49.5 Å². The molecule has 0 saturated carbocycles. The number of amides is 2. The molecule has 3 aromatic rings. The number of rotatable bonds is 8. The molecule has 0 aliphatic heterocycles. The Morgan fingerprint density at radius 1 is 1.09 bits per heavy atom. The fraction of sp³-hybridized carbons (Fsp3) is 0.227. The normalized spacial score (nSPS) is 10.5. The largest absolute Gasteiger partial charge is 0.497 e. The molecule has 168 valence electrons. The van der Waals surface area contributed by atoms with Gasteiger partial charge in [0.25, 0.3) is 0 Å². The third-order valence-corrected chi connectivity index (χ3v) is 5.38. The number of hydrogen-bond acceptors (Lipinski definition) is 6. The molecule has 0 aliphatic carbocycles. The summed E-state index contributed by atoms with van der Waals surface area (Å²) < 4.78 is 10.4. The van der Waals surface area contributed by atoms with Crippen molar-refractivity contribution in [2.24, 2.45) is 0 Å². The Kier molecular flexibility index (Phi) is 8.10. The third kappa shape index (κ3) is 5.59. The molecule has 8 nitrogen and oxygen atoms in total. The van der Waals surface area contributed by atoms with Crippen LogP contribution in [0.2, 0.25) is 10.0 Å². The summed E-state index contributed by atoms with van der Waals surface area (Å²) in [7, 11) is 5.05. The standard InChI is InChI=1S/C22H23Cl2N5O3/c1-28(13-14-31-2)21-25-12-11-19(27-21)29(15-7-9-16(32-3)10-8-15)22(30)26-18-6-4-5-17(23)20(18)24/h4-12H,13-14H2,1-3H3,(H,26,30). The van der Waals surface area contributed by atoms with Gasteiger partial charge in [-0.1, -0.05) is 29.3 Å². The zero-order valence-electron chi connectivity index (χ0n) is 17.9. The van der Waals surface area contributed by atoms with Crippen LogP contribution in [0.4, 0.5) is 27.9 Å². The van der Waals surface area contributed by atoms with Gasteiger partial charge in [0.1, 0.15) is 11.6 Å². The van der Waals surface area contributed by atoms with Gasteiger partial charge in [-0.2, -0.15) is 4.98 Å². The Morgan fingerprint density at radius 3 is 2.53 bits per heavy atom. The minimum absolute atomic E-state index is 0.250. The maximum atomic E-state index is 13.4. The molecule has 0 fully saturated rings. The first-order valence-corrected chi connectivity index (χ1v) is 10.4. The molecule has 10 heteroatoms. The molecule has 0 spiro atoms. The summed E-state index contributed by atoms with van der Waals surface area (Å²) in [4.78, 5) is 25.5. The third-order valence-electron chi connectivity index (χ3n) is 4.56. The van der Waals surface area contributed by atoms with E-state index in [9.17, 15) is 4.79 Å². The van der Waals surface area contributed by atoms with Crippen LogP contribution in [0, 0.1) is 0 Å². The number of methoxy groups -OCH3 is 2. The Labute approximate surface area is 196 Å². The van der Waals surface area contributed by atoms with Crippen molar-refractivity contribution in [2.45, 2.75) is 0 Å². The molecule has 3 rings (SSSR count). The van der Waals surface area contributed by atoms with E-state index >= 15 is 0 Å². The van der Waals surface area contributed by atoms with Gasteiger partial charge in [-0.3, -0.25) is 0 Å². The van der Waals surface area contributed by atoms with E-state index < -0.39 is 6.03 Å². The number of aromatic nitrogens is 2. The van der Waals surface area contributed by atoms with E-state index in [1.165, 1.54) is 4.90 Å². The van der Waals surface area contributed by atoms with Crippen molar-refractivity contribution >= 4 is 52.4 Å². The molecule has 0 bridgehead atoms. The number of hydrogen-bond donors (Lipinski definition) is 1. The summed E-state index contributed by atoms with van der Waals surface area (Å²) in [5.74, 6) is 1.49. The maximum Gasteiger partial charge on any atom is 0.332 e. The van der Waals surface area contributed by atoms with Crippen LogP contribution in [0.5, 0.6) is 5.75 Å². The lowest BCUT2D eigenvalue weighted by Gasteiger charge is -2.24. The van der Waals surface area contributed by atoms with E-state index in [1.54, 1.807) is 68.9 Å². The van der Waals surface area contributed by atoms with Gasteiger partial charge in [-0.15, -0.1) is 0 Å². The zero-order valence-corrected chi connectivity index (χ0v) is 19.4. The van der Waals surface area contributed by atoms with Crippen LogP contribution in [-0.2, 0) is 4.74 Å². The average molecular weight is 476 g/mol. The first kappa shape index (κ1) is 23.6. The van der Waals surface area contributed by atoms with Gasteiger partial charge >= 0.3 is 6.03 Å². The van der Waals surface area contributed by atoms with Gasteiger partial charge in [0.15, 0.2) is 0 Å². The minimum Gasteiger partial charge on any atom is -0.497 e. The number of carbonyl (C=O) groups excluding carboxylic acids is 1. The second kappa shape index (κ2) is 11.0. The predicted octanol–water partition coefficient (Wildman–Crippen LogP) is 5.24. The van der Waals surface area contributed by atoms with Crippen LogP contribution in [0.25, 0.3) is 0 Å². The van der Waals surface area contributed by atoms with Gasteiger partial charge in [0.05, 0.1) is 35.1 Å². The second-order valence-corrected chi connectivity index (χ2v) is 7.48. The Morgan fingerprint density at radius 2 is 1.84 bits per heavy atom. The highest BCUT2D eigenvalue weighted by atomic mass is 35.5. The highest BCUT2D eigenvalue weighted by Crippen LogP contribution is 2.32. The van der Waals surface area contributed by atoms with Crippen molar-refractivity contribution in [1.29, 1.82) is 0 Å². The number of anilines is 4. The summed E-state index contributed by atoms with van der Waals surface area (Å²) in [6.45, 7) is 1.10. The molecule has 2 aromatic carbocycles. The van der Waals surface area contributed by atoms with E-state index in [-0.39, 0.29) is 5.02 Å². The van der Waals surface area contributed by atoms with Crippen LogP contribution >= 0.6 is 23.2 Å². The molecular weight excluding hydrogens is 453 g/mol. The van der Waals surface area contributed by atoms with Crippen molar-refractivity contribution < 1.29 is 14.3 Å². The van der Waals surface area contributed by atoms with Crippen LogP contribution < -0.4 is 19.9 Å². The number of urea groups is 1. The van der Waals surface area contributed by atoms with Crippen molar-refractivity contribution in [3.8, 4) is 5.75 Å². The summed E-state index contributed by atoms with van der Waals surface area (Å²) in [6, 6.07) is 13.2. The van der Waals surface area contributed by atoms with E-state index in [2.05, 4.69) is 15.3 Å². The molecule has 32 heavy (non-hydrogen) atoms. The molecule has 0 aliphatic rings. The lowest BCUT2D eigenvalue weighted by atomic mass is 10.2. The van der Waals surface area contributed by atoms with Crippen LogP contribution in [0.1, 0.15) is 0 Å². The summed E-state index contributed by atoms with van der Waals surface area (Å²) in [6.07, 6.45) is 1.59. The van der Waals surface area contributed by atoms with E-state index in [1.807, 2.05) is 11.9 Å². The molecular formula is C22H23Cl2N5O3. The smallest absolute Gasteiger partial charge is 0.332 e.